The molecule has 2 N–H and O–H groups in total. The van der Waals surface area contributed by atoms with Crippen LogP contribution >= 0.6 is 0 Å². The molecule has 0 radical (unpaired) electrons. The highest BCUT2D eigenvalue weighted by Crippen LogP contribution is 2.17. The highest BCUT2D eigenvalue weighted by Gasteiger charge is 2.12. The molecular formula is C21H17F3N6O. The second-order valence-corrected chi connectivity index (χ2v) is 6.61. The summed E-state index contributed by atoms with van der Waals surface area (Å²) in [6.45, 7) is 0.157. The summed E-state index contributed by atoms with van der Waals surface area (Å²) >= 11 is 0. The summed E-state index contributed by atoms with van der Waals surface area (Å²) < 4.78 is 44.6. The van der Waals surface area contributed by atoms with E-state index in [1.165, 1.54) is 30.7 Å². The number of carbonyl (C=O) groups excluding carboxylic acids is 1. The number of halogens is 3. The molecule has 4 aromatic rings. The topological polar surface area (TPSA) is 76.8 Å². The number of nitrogens with zero attached hydrogens (tertiary/aromatic N) is 4. The molecule has 7 nitrogen and oxygen atoms in total. The molecule has 10 heteroatoms. The van der Waals surface area contributed by atoms with Gasteiger partial charge in [-0.05, 0) is 35.9 Å². The molecule has 4 rings (SSSR count). The first-order valence-electron chi connectivity index (χ1n) is 9.28. The molecule has 0 fully saturated rings. The van der Waals surface area contributed by atoms with Gasteiger partial charge in [0, 0.05) is 25.1 Å². The number of carbonyl (C=O) groups is 1. The van der Waals surface area contributed by atoms with E-state index in [1.807, 2.05) is 0 Å². The molecule has 0 atom stereocenters. The maximum atomic E-state index is 14.3. The van der Waals surface area contributed by atoms with E-state index in [4.69, 9.17) is 0 Å². The average Bonchev–Trinajstić information content (AvgIpc) is 3.43. The zero-order valence-electron chi connectivity index (χ0n) is 16.1. The number of benzene rings is 2. The molecule has 0 saturated heterocycles. The molecule has 2 heterocycles. The summed E-state index contributed by atoms with van der Waals surface area (Å²) in [7, 11) is 0. The number of amides is 2. The van der Waals surface area contributed by atoms with Crippen LogP contribution in [0.2, 0.25) is 0 Å². The first kappa shape index (κ1) is 20.2. The third-order valence-corrected chi connectivity index (χ3v) is 4.49. The number of imidazole rings is 1. The van der Waals surface area contributed by atoms with Gasteiger partial charge in [-0.25, -0.2) is 27.6 Å². The van der Waals surface area contributed by atoms with Crippen molar-refractivity contribution in [2.45, 2.75) is 13.1 Å². The number of hydrogen-bond donors (Lipinski definition) is 2. The third kappa shape index (κ3) is 4.58. The zero-order valence-corrected chi connectivity index (χ0v) is 16.1. The number of urea groups is 1. The Balaban J connectivity index is 1.31. The lowest BCUT2D eigenvalue weighted by molar-refractivity contribution is 0.240. The van der Waals surface area contributed by atoms with Crippen LogP contribution in [0.25, 0.3) is 11.4 Å². The van der Waals surface area contributed by atoms with Crippen LogP contribution in [0.1, 0.15) is 11.3 Å². The van der Waals surface area contributed by atoms with Gasteiger partial charge in [0.25, 0.3) is 0 Å². The first-order chi connectivity index (χ1) is 15.0. The van der Waals surface area contributed by atoms with Crippen molar-refractivity contribution in [2.24, 2.45) is 0 Å². The minimum Gasteiger partial charge on any atom is -0.334 e. The van der Waals surface area contributed by atoms with E-state index in [9.17, 15) is 18.0 Å². The van der Waals surface area contributed by atoms with E-state index < -0.39 is 23.5 Å². The normalized spacial score (nSPS) is 10.8. The Labute approximate surface area is 175 Å². The Bertz CT molecular complexity index is 1190. The van der Waals surface area contributed by atoms with Crippen LogP contribution in [0.15, 0.2) is 67.4 Å². The Morgan fingerprint density at radius 1 is 0.935 bits per heavy atom. The van der Waals surface area contributed by atoms with Crippen LogP contribution in [-0.4, -0.2) is 25.4 Å². The summed E-state index contributed by atoms with van der Waals surface area (Å²) in [5, 5.41) is 9.28. The molecule has 0 unspecified atom stereocenters. The minimum atomic E-state index is -0.744. The maximum absolute atomic E-state index is 14.3. The fourth-order valence-corrected chi connectivity index (χ4v) is 2.98. The first-order valence-corrected chi connectivity index (χ1v) is 9.28. The third-order valence-electron chi connectivity index (χ3n) is 4.49. The Morgan fingerprint density at radius 2 is 1.71 bits per heavy atom. The molecule has 0 saturated carbocycles. The van der Waals surface area contributed by atoms with Gasteiger partial charge in [-0.2, -0.15) is 5.10 Å². The molecule has 0 bridgehead atoms. The lowest BCUT2D eigenvalue weighted by Crippen LogP contribution is -2.34. The van der Waals surface area contributed by atoms with Crippen molar-refractivity contribution < 1.29 is 18.0 Å². The summed E-state index contributed by atoms with van der Waals surface area (Å²) in [5.41, 5.74) is 1.05. The van der Waals surface area contributed by atoms with Gasteiger partial charge in [-0.3, -0.25) is 0 Å². The van der Waals surface area contributed by atoms with Crippen LogP contribution in [0.5, 0.6) is 0 Å². The highest BCUT2D eigenvalue weighted by atomic mass is 19.1. The number of nitrogens with one attached hydrogen (secondary N) is 2. The van der Waals surface area contributed by atoms with E-state index in [-0.39, 0.29) is 18.8 Å². The van der Waals surface area contributed by atoms with Crippen molar-refractivity contribution in [3.8, 4) is 11.4 Å². The van der Waals surface area contributed by atoms with Crippen LogP contribution in [0, 0.1) is 17.5 Å². The van der Waals surface area contributed by atoms with Gasteiger partial charge < -0.3 is 15.2 Å². The van der Waals surface area contributed by atoms with Gasteiger partial charge in [-0.15, -0.1) is 0 Å². The molecule has 2 aromatic heterocycles. The van der Waals surface area contributed by atoms with Gasteiger partial charge in [0.2, 0.25) is 0 Å². The summed E-state index contributed by atoms with van der Waals surface area (Å²) in [5.74, 6) is -1.93. The van der Waals surface area contributed by atoms with Crippen molar-refractivity contribution in [3.63, 3.8) is 0 Å². The van der Waals surface area contributed by atoms with Gasteiger partial charge in [0.15, 0.2) is 11.6 Å². The largest absolute Gasteiger partial charge is 0.334 e. The van der Waals surface area contributed by atoms with Crippen LogP contribution < -0.4 is 10.6 Å². The number of aromatic nitrogens is 4. The average molecular weight is 426 g/mol. The van der Waals surface area contributed by atoms with E-state index in [0.29, 0.717) is 16.9 Å². The molecule has 31 heavy (non-hydrogen) atoms. The summed E-state index contributed by atoms with van der Waals surface area (Å²) in [6, 6.07) is 9.21. The van der Waals surface area contributed by atoms with Crippen molar-refractivity contribution in [2.75, 3.05) is 0 Å². The second kappa shape index (κ2) is 8.74. The molecule has 0 aliphatic rings. The van der Waals surface area contributed by atoms with Gasteiger partial charge in [-0.1, -0.05) is 12.1 Å². The lowest BCUT2D eigenvalue weighted by Gasteiger charge is -2.09. The quantitative estimate of drug-likeness (QED) is 0.496. The van der Waals surface area contributed by atoms with Crippen molar-refractivity contribution in [1.29, 1.82) is 0 Å². The number of para-hydroxylation sites is 1. The Kier molecular flexibility index (Phi) is 5.69. The van der Waals surface area contributed by atoms with Gasteiger partial charge in [0.05, 0.1) is 24.3 Å². The smallest absolute Gasteiger partial charge is 0.315 e. The minimum absolute atomic E-state index is 0.0445. The highest BCUT2D eigenvalue weighted by molar-refractivity contribution is 5.73. The monoisotopic (exact) mass is 426 g/mol. The standard InChI is InChI=1S/C21H17F3N6O/c22-16-2-1-3-17(23)20(16)30-8-6-15(28-30)12-27-21(31)26-11-14-4-5-19(18(24)10-14)29-9-7-25-13-29/h1-10,13H,11-12H2,(H2,26,27,31). The van der Waals surface area contributed by atoms with Crippen LogP contribution in [0.4, 0.5) is 18.0 Å². The van der Waals surface area contributed by atoms with Crippen LogP contribution in [0.3, 0.4) is 0 Å². The van der Waals surface area contributed by atoms with Crippen molar-refractivity contribution in [1.82, 2.24) is 30.0 Å². The summed E-state index contributed by atoms with van der Waals surface area (Å²) in [6.07, 6.45) is 6.08. The molecule has 2 aromatic carbocycles. The molecule has 0 spiro atoms. The number of rotatable bonds is 6. The fourth-order valence-electron chi connectivity index (χ4n) is 2.98. The van der Waals surface area contributed by atoms with Gasteiger partial charge >= 0.3 is 6.03 Å². The van der Waals surface area contributed by atoms with Crippen LogP contribution in [-0.2, 0) is 13.1 Å². The Morgan fingerprint density at radius 3 is 2.42 bits per heavy atom. The molecule has 158 valence electrons. The molecule has 0 aliphatic carbocycles. The van der Waals surface area contributed by atoms with E-state index >= 15 is 0 Å². The van der Waals surface area contributed by atoms with E-state index in [0.717, 1.165) is 16.8 Å². The van der Waals surface area contributed by atoms with E-state index in [2.05, 4.69) is 20.7 Å². The summed E-state index contributed by atoms with van der Waals surface area (Å²) in [4.78, 5) is 15.9. The lowest BCUT2D eigenvalue weighted by atomic mass is 10.2. The molecular weight excluding hydrogens is 409 g/mol. The number of hydrogen-bond acceptors (Lipinski definition) is 3. The van der Waals surface area contributed by atoms with E-state index in [1.54, 1.807) is 29.1 Å². The van der Waals surface area contributed by atoms with Crippen molar-refractivity contribution >= 4 is 6.03 Å². The van der Waals surface area contributed by atoms with Crippen molar-refractivity contribution in [3.05, 3.63) is 96.1 Å². The predicted molar refractivity (Wildman–Crippen MR) is 106 cm³/mol. The fraction of sp³-hybridized carbons (Fsp3) is 0.0952. The molecule has 2 amide bonds. The SMILES string of the molecule is O=C(NCc1ccc(-n2ccnc2)c(F)c1)NCc1ccn(-c2c(F)cccc2F)n1. The maximum Gasteiger partial charge on any atom is 0.315 e. The predicted octanol–water partition coefficient (Wildman–Crippen LogP) is 3.47. The second-order valence-electron chi connectivity index (χ2n) is 6.61. The molecule has 0 aliphatic heterocycles. The Hall–Kier alpha value is -4.08. The van der Waals surface area contributed by atoms with Gasteiger partial charge in [0.1, 0.15) is 11.5 Å². The zero-order chi connectivity index (χ0) is 21.8.